The molecular weight excluding hydrogens is 973 g/mol. The number of carbonyl (C=O) groups is 3. The van der Waals surface area contributed by atoms with Crippen molar-refractivity contribution in [2.24, 2.45) is 0 Å². The fraction of sp³-hybridized carbons (Fsp3) is 0.712. The summed E-state index contributed by atoms with van der Waals surface area (Å²) in [6, 6.07) is 0. The summed E-state index contributed by atoms with van der Waals surface area (Å²) >= 11 is 0. The molecule has 0 aromatic rings. The van der Waals surface area contributed by atoms with Gasteiger partial charge in [-0.2, -0.15) is 0 Å². The molecule has 0 heterocycles. The Labute approximate surface area is 489 Å². The van der Waals surface area contributed by atoms with Crippen LogP contribution in [0.1, 0.15) is 316 Å². The lowest BCUT2D eigenvalue weighted by atomic mass is 10.0. The third-order valence-electron chi connectivity index (χ3n) is 14.3. The zero-order valence-electron chi connectivity index (χ0n) is 51.9. The molecule has 0 bridgehead atoms. The van der Waals surface area contributed by atoms with E-state index in [2.05, 4.69) is 130 Å². The van der Waals surface area contributed by atoms with Crippen LogP contribution >= 0.6 is 0 Å². The van der Waals surface area contributed by atoms with Crippen molar-refractivity contribution in [1.82, 2.24) is 0 Å². The lowest BCUT2D eigenvalue weighted by Gasteiger charge is -2.18. The van der Waals surface area contributed by atoms with E-state index in [1.807, 2.05) is 0 Å². The van der Waals surface area contributed by atoms with Crippen LogP contribution in [-0.4, -0.2) is 37.2 Å². The molecule has 452 valence electrons. The quantitative estimate of drug-likeness (QED) is 0.0261. The van der Waals surface area contributed by atoms with Gasteiger partial charge in [-0.15, -0.1) is 0 Å². The molecule has 0 saturated heterocycles. The van der Waals surface area contributed by atoms with Crippen LogP contribution in [0.3, 0.4) is 0 Å². The van der Waals surface area contributed by atoms with Gasteiger partial charge in [0.2, 0.25) is 0 Å². The molecule has 0 radical (unpaired) electrons. The molecule has 0 fully saturated rings. The maximum absolute atomic E-state index is 12.8. The Hall–Kier alpha value is -3.93. The van der Waals surface area contributed by atoms with E-state index >= 15 is 0 Å². The normalized spacial score (nSPS) is 12.8. The molecule has 1 unspecified atom stereocenters. The molecule has 0 spiro atoms. The summed E-state index contributed by atoms with van der Waals surface area (Å²) in [6.07, 6.45) is 91.6. The molecule has 79 heavy (non-hydrogen) atoms. The minimum absolute atomic E-state index is 0.0874. The van der Waals surface area contributed by atoms with Gasteiger partial charge in [-0.3, -0.25) is 14.4 Å². The third-order valence-corrected chi connectivity index (χ3v) is 14.3. The van der Waals surface area contributed by atoms with E-state index < -0.39 is 6.10 Å². The van der Waals surface area contributed by atoms with Gasteiger partial charge in [0, 0.05) is 19.3 Å². The molecule has 0 aromatic heterocycles. The first-order chi connectivity index (χ1) is 39.0. The van der Waals surface area contributed by atoms with Crippen LogP contribution in [0.5, 0.6) is 0 Å². The van der Waals surface area contributed by atoms with Gasteiger partial charge in [0.25, 0.3) is 0 Å². The van der Waals surface area contributed by atoms with Gasteiger partial charge in [-0.1, -0.05) is 297 Å². The Morgan fingerprint density at radius 2 is 0.494 bits per heavy atom. The van der Waals surface area contributed by atoms with Crippen LogP contribution in [0.2, 0.25) is 0 Å². The molecule has 0 rings (SSSR count). The summed E-state index contributed by atoms with van der Waals surface area (Å²) in [5.41, 5.74) is 0. The highest BCUT2D eigenvalue weighted by atomic mass is 16.6. The zero-order chi connectivity index (χ0) is 57.1. The molecule has 0 N–H and O–H groups in total. The topological polar surface area (TPSA) is 78.9 Å². The predicted molar refractivity (Wildman–Crippen MR) is 343 cm³/mol. The summed E-state index contributed by atoms with van der Waals surface area (Å²) < 4.78 is 16.8. The second kappa shape index (κ2) is 66.6. The monoisotopic (exact) mass is 1100 g/mol. The standard InChI is InChI=1S/C73H124O6/c1-4-7-10-13-15-17-19-21-23-25-27-29-31-32-33-34-35-36-37-38-39-40-42-43-45-47-49-51-53-55-57-60-63-66-72(75)78-69-70(68-77-71(74)65-62-59-12-9-6-3)79-73(76)67-64-61-58-56-54-52-50-48-46-44-41-30-28-26-24-22-20-18-16-14-11-8-5-2/h8,11,16,18-19,21-22,24-25,27-28,30-32,44,46,50,52,70H,4-7,9-10,12-15,17,20,23,26,29,33-43,45,47-49,51,53-69H2,1-3H3/b11-8-,18-16-,21-19-,24-22-,27-25-,30-28-,32-31-,46-44-,52-50-. The number of hydrogen-bond acceptors (Lipinski definition) is 6. The number of allylic oxidation sites excluding steroid dienone is 18. The minimum atomic E-state index is -0.789. The molecular formula is C73H124O6. The van der Waals surface area contributed by atoms with E-state index in [1.165, 1.54) is 148 Å². The summed E-state index contributed by atoms with van der Waals surface area (Å²) in [4.78, 5) is 37.9. The largest absolute Gasteiger partial charge is 0.462 e. The molecule has 0 aliphatic heterocycles. The van der Waals surface area contributed by atoms with E-state index in [4.69, 9.17) is 14.2 Å². The van der Waals surface area contributed by atoms with Crippen LogP contribution in [0.25, 0.3) is 0 Å². The van der Waals surface area contributed by atoms with Crippen LogP contribution in [0, 0.1) is 0 Å². The van der Waals surface area contributed by atoms with E-state index in [-0.39, 0.29) is 31.1 Å². The second-order valence-electron chi connectivity index (χ2n) is 22.0. The van der Waals surface area contributed by atoms with Crippen molar-refractivity contribution in [3.8, 4) is 0 Å². The molecule has 0 aromatic carbocycles. The Morgan fingerprint density at radius 3 is 0.772 bits per heavy atom. The van der Waals surface area contributed by atoms with Crippen molar-refractivity contribution in [2.75, 3.05) is 13.2 Å². The highest BCUT2D eigenvalue weighted by Gasteiger charge is 2.19. The lowest BCUT2D eigenvalue weighted by molar-refractivity contribution is -0.167. The molecule has 0 saturated carbocycles. The molecule has 0 aliphatic carbocycles. The van der Waals surface area contributed by atoms with Gasteiger partial charge < -0.3 is 14.2 Å². The van der Waals surface area contributed by atoms with Gasteiger partial charge in [0.05, 0.1) is 0 Å². The highest BCUT2D eigenvalue weighted by Crippen LogP contribution is 2.17. The minimum Gasteiger partial charge on any atom is -0.462 e. The molecule has 1 atom stereocenters. The van der Waals surface area contributed by atoms with Crippen molar-refractivity contribution in [1.29, 1.82) is 0 Å². The number of carbonyl (C=O) groups excluding carboxylic acids is 3. The van der Waals surface area contributed by atoms with Gasteiger partial charge >= 0.3 is 17.9 Å². The van der Waals surface area contributed by atoms with Crippen molar-refractivity contribution < 1.29 is 28.6 Å². The van der Waals surface area contributed by atoms with Crippen LogP contribution in [-0.2, 0) is 28.6 Å². The maximum Gasteiger partial charge on any atom is 0.306 e. The number of ether oxygens (including phenoxy) is 3. The fourth-order valence-corrected chi connectivity index (χ4v) is 9.28. The fourth-order valence-electron chi connectivity index (χ4n) is 9.28. The second-order valence-corrected chi connectivity index (χ2v) is 22.0. The molecule has 6 nitrogen and oxygen atoms in total. The average Bonchev–Trinajstić information content (AvgIpc) is 3.45. The van der Waals surface area contributed by atoms with Crippen LogP contribution < -0.4 is 0 Å². The average molecular weight is 1100 g/mol. The van der Waals surface area contributed by atoms with Crippen molar-refractivity contribution in [2.45, 2.75) is 322 Å². The summed E-state index contributed by atoms with van der Waals surface area (Å²) in [6.45, 7) is 6.43. The van der Waals surface area contributed by atoms with E-state index in [0.717, 1.165) is 128 Å². The van der Waals surface area contributed by atoms with Gasteiger partial charge in [-0.05, 0) is 109 Å². The van der Waals surface area contributed by atoms with Crippen molar-refractivity contribution >= 4 is 17.9 Å². The first-order valence-electron chi connectivity index (χ1n) is 33.4. The molecule has 0 amide bonds. The Balaban J connectivity index is 4.02. The predicted octanol–water partition coefficient (Wildman–Crippen LogP) is 23.0. The molecule has 6 heteroatoms. The Kier molecular flexibility index (Phi) is 63.3. The molecule has 0 aliphatic rings. The van der Waals surface area contributed by atoms with E-state index in [9.17, 15) is 14.4 Å². The van der Waals surface area contributed by atoms with E-state index in [0.29, 0.717) is 19.3 Å². The van der Waals surface area contributed by atoms with E-state index in [1.54, 1.807) is 0 Å². The summed E-state index contributed by atoms with van der Waals surface area (Å²) in [5, 5.41) is 0. The van der Waals surface area contributed by atoms with Crippen LogP contribution in [0.15, 0.2) is 109 Å². The first-order valence-corrected chi connectivity index (χ1v) is 33.4. The van der Waals surface area contributed by atoms with Crippen LogP contribution in [0.4, 0.5) is 0 Å². The Morgan fingerprint density at radius 1 is 0.266 bits per heavy atom. The van der Waals surface area contributed by atoms with Crippen molar-refractivity contribution in [3.05, 3.63) is 109 Å². The summed E-state index contributed by atoms with van der Waals surface area (Å²) in [7, 11) is 0. The third kappa shape index (κ3) is 64.8. The van der Waals surface area contributed by atoms with Gasteiger partial charge in [-0.25, -0.2) is 0 Å². The smallest absolute Gasteiger partial charge is 0.306 e. The highest BCUT2D eigenvalue weighted by molar-refractivity contribution is 5.71. The number of unbranched alkanes of at least 4 members (excludes halogenated alkanes) is 31. The summed E-state index contributed by atoms with van der Waals surface area (Å²) in [5.74, 6) is -0.920. The SMILES string of the molecule is CC/C=C\C/C=C\C/C=C\C/C=C\C/C=C\C/C=C\CCCCCCC(=O)OC(COC(=O)CCCCCCC)COC(=O)CCCCCCCCCCCCCCCCCCCC/C=C\C/C=C\C/C=C\CCCCCCC. The number of hydrogen-bond donors (Lipinski definition) is 0. The number of rotatable bonds is 60. The first kappa shape index (κ1) is 75.1. The van der Waals surface area contributed by atoms with Gasteiger partial charge in [0.1, 0.15) is 13.2 Å². The zero-order valence-corrected chi connectivity index (χ0v) is 51.9. The number of esters is 3. The maximum atomic E-state index is 12.8. The van der Waals surface area contributed by atoms with Gasteiger partial charge in [0.15, 0.2) is 6.10 Å². The Bertz CT molecular complexity index is 1590. The lowest BCUT2D eigenvalue weighted by Crippen LogP contribution is -2.30. The van der Waals surface area contributed by atoms with Crippen molar-refractivity contribution in [3.63, 3.8) is 0 Å².